The van der Waals surface area contributed by atoms with Gasteiger partial charge < -0.3 is 10.1 Å². The molecule has 4 aliphatic carbocycles. The Labute approximate surface area is 160 Å². The summed E-state index contributed by atoms with van der Waals surface area (Å²) in [6, 6.07) is 0. The van der Waals surface area contributed by atoms with Crippen LogP contribution >= 0.6 is 0 Å². The fraction of sp³-hybridized carbons (Fsp3) is 0.652. The van der Waals surface area contributed by atoms with Gasteiger partial charge in [-0.05, 0) is 54.2 Å². The van der Waals surface area contributed by atoms with Crippen molar-refractivity contribution in [2.24, 2.45) is 22.2 Å². The number of nitrogens with one attached hydrogen (secondary N) is 1. The van der Waals surface area contributed by atoms with E-state index in [4.69, 9.17) is 0 Å². The molecule has 0 spiro atoms. The highest BCUT2D eigenvalue weighted by Crippen LogP contribution is 2.71. The number of H-pyrrole nitrogens is 1. The molecule has 4 nitrogen and oxygen atoms in total. The van der Waals surface area contributed by atoms with Crippen molar-refractivity contribution >= 4 is 17.1 Å². The highest BCUT2D eigenvalue weighted by molar-refractivity contribution is 6.50. The molecular weight excluding hydrogens is 338 g/mol. The van der Waals surface area contributed by atoms with Crippen molar-refractivity contribution in [1.29, 1.82) is 0 Å². The van der Waals surface area contributed by atoms with Gasteiger partial charge in [-0.25, -0.2) is 0 Å². The smallest absolute Gasteiger partial charge is 0.249 e. The van der Waals surface area contributed by atoms with Crippen LogP contribution in [0.15, 0.2) is 12.3 Å². The number of aromatic nitrogens is 1. The summed E-state index contributed by atoms with van der Waals surface area (Å²) >= 11 is 0. The van der Waals surface area contributed by atoms with E-state index in [-0.39, 0.29) is 10.8 Å². The average molecular weight is 367 g/mol. The number of hydrogen-bond donors (Lipinski definition) is 2. The second-order valence-corrected chi connectivity index (χ2v) is 10.5. The van der Waals surface area contributed by atoms with E-state index < -0.39 is 22.6 Å². The van der Waals surface area contributed by atoms with Gasteiger partial charge in [-0.15, -0.1) is 0 Å². The minimum absolute atomic E-state index is 0.206. The molecular formula is C23H29NO3. The number of rotatable bonds is 0. The zero-order chi connectivity index (χ0) is 19.4. The fourth-order valence-corrected chi connectivity index (χ4v) is 7.54. The van der Waals surface area contributed by atoms with Gasteiger partial charge in [0.2, 0.25) is 11.6 Å². The average Bonchev–Trinajstić information content (AvgIpc) is 2.99. The molecule has 1 unspecified atom stereocenters. The summed E-state index contributed by atoms with van der Waals surface area (Å²) < 4.78 is 0. The summed E-state index contributed by atoms with van der Waals surface area (Å²) in [5, 5.41) is 12.4. The van der Waals surface area contributed by atoms with Gasteiger partial charge in [-0.1, -0.05) is 34.1 Å². The van der Waals surface area contributed by atoms with Gasteiger partial charge in [-0.3, -0.25) is 9.59 Å². The van der Waals surface area contributed by atoms with Crippen LogP contribution in [0.4, 0.5) is 0 Å². The van der Waals surface area contributed by atoms with E-state index in [0.29, 0.717) is 18.0 Å². The van der Waals surface area contributed by atoms with Gasteiger partial charge in [0, 0.05) is 29.0 Å². The molecule has 0 radical (unpaired) electrons. The predicted molar refractivity (Wildman–Crippen MR) is 103 cm³/mol. The lowest BCUT2D eigenvalue weighted by Crippen LogP contribution is -2.69. The van der Waals surface area contributed by atoms with Gasteiger partial charge in [0.25, 0.3) is 0 Å². The lowest BCUT2D eigenvalue weighted by molar-refractivity contribution is -0.229. The van der Waals surface area contributed by atoms with E-state index in [1.807, 2.05) is 6.20 Å². The minimum atomic E-state index is -0.917. The van der Waals surface area contributed by atoms with Gasteiger partial charge >= 0.3 is 0 Å². The van der Waals surface area contributed by atoms with E-state index in [0.717, 1.165) is 42.4 Å². The first-order chi connectivity index (χ1) is 12.6. The molecule has 1 aromatic heterocycles. The molecule has 2 saturated carbocycles. The first-order valence-electron chi connectivity index (χ1n) is 10.3. The molecule has 2 N–H and O–H groups in total. The van der Waals surface area contributed by atoms with Crippen molar-refractivity contribution in [2.45, 2.75) is 71.8 Å². The van der Waals surface area contributed by atoms with Crippen LogP contribution in [-0.2, 0) is 11.2 Å². The molecule has 144 valence electrons. The van der Waals surface area contributed by atoms with Crippen molar-refractivity contribution < 1.29 is 14.7 Å². The Bertz CT molecular complexity index is 922. The number of carbonyl (C=O) groups is 2. The Balaban J connectivity index is 1.76. The van der Waals surface area contributed by atoms with E-state index in [1.165, 1.54) is 12.5 Å². The first kappa shape index (κ1) is 17.4. The van der Waals surface area contributed by atoms with Crippen molar-refractivity contribution in [3.63, 3.8) is 0 Å². The monoisotopic (exact) mass is 367 g/mol. The van der Waals surface area contributed by atoms with Crippen molar-refractivity contribution in [3.05, 3.63) is 29.1 Å². The quantitative estimate of drug-likeness (QED) is 0.679. The fourth-order valence-electron chi connectivity index (χ4n) is 7.54. The second-order valence-electron chi connectivity index (χ2n) is 10.5. The van der Waals surface area contributed by atoms with Crippen LogP contribution in [0, 0.1) is 22.2 Å². The molecule has 4 heteroatoms. The number of aromatic amines is 1. The summed E-state index contributed by atoms with van der Waals surface area (Å²) in [5.41, 5.74) is 1.77. The standard InChI is InChI=1S/C23H29NO3/c1-20(2)7-5-8-22(4)16(20)6-9-21(3)14-10-15(25)19(26)18-17(14)13(12-24-18)11-23(21,22)27/h10,12,16,24,27H,5-9,11H2,1-4H3/t16?,21-,22-,23+/m0/s1. The maximum atomic E-state index is 12.4. The summed E-state index contributed by atoms with van der Waals surface area (Å²) in [6.45, 7) is 9.12. The molecule has 5 rings (SSSR count). The topological polar surface area (TPSA) is 70.2 Å². The molecule has 0 saturated heterocycles. The van der Waals surface area contributed by atoms with Crippen LogP contribution in [0.5, 0.6) is 0 Å². The molecule has 0 bridgehead atoms. The molecule has 1 aromatic rings. The molecule has 27 heavy (non-hydrogen) atoms. The van der Waals surface area contributed by atoms with Crippen molar-refractivity contribution in [3.8, 4) is 0 Å². The molecule has 0 aliphatic heterocycles. The lowest BCUT2D eigenvalue weighted by Gasteiger charge is -2.68. The highest BCUT2D eigenvalue weighted by atomic mass is 16.3. The number of aliphatic hydroxyl groups is 1. The Morgan fingerprint density at radius 3 is 2.59 bits per heavy atom. The Kier molecular flexibility index (Phi) is 3.12. The lowest BCUT2D eigenvalue weighted by atomic mass is 9.38. The first-order valence-corrected chi connectivity index (χ1v) is 10.3. The SMILES string of the molecule is CC1(C)CCC[C@@]2(C)C1CC[C@@]1(C)C3=CC(=O)C(=O)c4[nH]cc(c43)C[C@@]12O. The van der Waals surface area contributed by atoms with Crippen LogP contribution in [0.1, 0.15) is 81.4 Å². The van der Waals surface area contributed by atoms with E-state index >= 15 is 0 Å². The molecule has 4 atom stereocenters. The maximum absolute atomic E-state index is 12.4. The molecule has 0 aromatic carbocycles. The van der Waals surface area contributed by atoms with Gasteiger partial charge in [-0.2, -0.15) is 0 Å². The number of carbonyl (C=O) groups excluding carboxylic acids is 2. The normalized spacial score (nSPS) is 42.1. The van der Waals surface area contributed by atoms with Crippen LogP contribution in [0.3, 0.4) is 0 Å². The summed E-state index contributed by atoms with van der Waals surface area (Å²) in [6.07, 6.45) is 9.17. The number of allylic oxidation sites excluding steroid dienone is 1. The van der Waals surface area contributed by atoms with E-state index in [1.54, 1.807) is 0 Å². The zero-order valence-electron chi connectivity index (χ0n) is 16.7. The number of hydrogen-bond acceptors (Lipinski definition) is 3. The van der Waals surface area contributed by atoms with Crippen LogP contribution < -0.4 is 0 Å². The Hall–Kier alpha value is -1.68. The predicted octanol–water partition coefficient (Wildman–Crippen LogP) is 4.08. The number of ketones is 2. The van der Waals surface area contributed by atoms with Crippen molar-refractivity contribution in [2.75, 3.05) is 0 Å². The summed E-state index contributed by atoms with van der Waals surface area (Å²) in [7, 11) is 0. The van der Waals surface area contributed by atoms with Crippen LogP contribution in [0.25, 0.3) is 5.57 Å². The summed E-state index contributed by atoms with van der Waals surface area (Å²) in [4.78, 5) is 27.8. The van der Waals surface area contributed by atoms with Gasteiger partial charge in [0.1, 0.15) is 0 Å². The van der Waals surface area contributed by atoms with Crippen molar-refractivity contribution in [1.82, 2.24) is 4.98 Å². The largest absolute Gasteiger partial charge is 0.388 e. The third-order valence-corrected chi connectivity index (χ3v) is 9.02. The molecule has 0 amide bonds. The highest BCUT2D eigenvalue weighted by Gasteiger charge is 2.69. The minimum Gasteiger partial charge on any atom is -0.388 e. The maximum Gasteiger partial charge on any atom is 0.249 e. The number of Topliss-reactive ketones (excluding diaryl/α,β-unsaturated/α-hetero) is 1. The van der Waals surface area contributed by atoms with Gasteiger partial charge in [0.05, 0.1) is 11.3 Å². The third-order valence-electron chi connectivity index (χ3n) is 9.02. The van der Waals surface area contributed by atoms with E-state index in [2.05, 4.69) is 32.7 Å². The zero-order valence-corrected chi connectivity index (χ0v) is 16.7. The van der Waals surface area contributed by atoms with Crippen LogP contribution in [-0.4, -0.2) is 27.3 Å². The molecule has 1 heterocycles. The van der Waals surface area contributed by atoms with E-state index in [9.17, 15) is 14.7 Å². The summed E-state index contributed by atoms with van der Waals surface area (Å²) in [5.74, 6) is -0.460. The Morgan fingerprint density at radius 2 is 1.85 bits per heavy atom. The third kappa shape index (κ3) is 1.79. The molecule has 2 fully saturated rings. The second kappa shape index (κ2) is 4.83. The van der Waals surface area contributed by atoms with Gasteiger partial charge in [0.15, 0.2) is 0 Å². The molecule has 4 aliphatic rings. The number of fused-ring (bicyclic) bond motifs is 4. The Morgan fingerprint density at radius 1 is 1.11 bits per heavy atom. The van der Waals surface area contributed by atoms with Crippen LogP contribution in [0.2, 0.25) is 0 Å².